The Labute approximate surface area is 121 Å². The molecule has 0 aliphatic carbocycles. The zero-order chi connectivity index (χ0) is 14.8. The number of piperidine rings is 1. The van der Waals surface area contributed by atoms with Crippen LogP contribution in [0.2, 0.25) is 0 Å². The van der Waals surface area contributed by atoms with Crippen LogP contribution in [-0.4, -0.2) is 38.2 Å². The summed E-state index contributed by atoms with van der Waals surface area (Å²) in [5, 5.41) is 0. The molecule has 1 heterocycles. The molecule has 5 heteroatoms. The van der Waals surface area contributed by atoms with E-state index in [0.29, 0.717) is 19.0 Å². The first-order chi connectivity index (χ1) is 9.38. The highest BCUT2D eigenvalue weighted by atomic mass is 32.2. The lowest BCUT2D eigenvalue weighted by molar-refractivity contribution is 0.134. The SMILES string of the molecule is CC(C)c1ccccc1OC1CCN(S(C)(=O)=O)CC1. The van der Waals surface area contributed by atoms with Crippen molar-refractivity contribution in [1.82, 2.24) is 4.31 Å². The lowest BCUT2D eigenvalue weighted by Crippen LogP contribution is -2.41. The summed E-state index contributed by atoms with van der Waals surface area (Å²) in [4.78, 5) is 0. The van der Waals surface area contributed by atoms with Crippen LogP contribution in [0, 0.1) is 0 Å². The number of para-hydroxylation sites is 1. The van der Waals surface area contributed by atoms with Gasteiger partial charge in [0.2, 0.25) is 10.0 Å². The lowest BCUT2D eigenvalue weighted by atomic mass is 10.0. The molecule has 0 radical (unpaired) electrons. The van der Waals surface area contributed by atoms with Crippen LogP contribution in [0.15, 0.2) is 24.3 Å². The van der Waals surface area contributed by atoms with E-state index in [0.717, 1.165) is 18.6 Å². The van der Waals surface area contributed by atoms with Crippen molar-refractivity contribution in [2.24, 2.45) is 0 Å². The van der Waals surface area contributed by atoms with Gasteiger partial charge < -0.3 is 4.74 Å². The molecule has 0 spiro atoms. The van der Waals surface area contributed by atoms with Gasteiger partial charge in [-0.25, -0.2) is 12.7 Å². The number of sulfonamides is 1. The van der Waals surface area contributed by atoms with E-state index in [-0.39, 0.29) is 6.10 Å². The first-order valence-electron chi connectivity index (χ1n) is 7.08. The zero-order valence-electron chi connectivity index (χ0n) is 12.4. The Kier molecular flexibility index (Phi) is 4.70. The van der Waals surface area contributed by atoms with Crippen LogP contribution in [0.5, 0.6) is 5.75 Å². The Morgan fingerprint density at radius 3 is 2.35 bits per heavy atom. The highest BCUT2D eigenvalue weighted by Gasteiger charge is 2.26. The highest BCUT2D eigenvalue weighted by Crippen LogP contribution is 2.28. The topological polar surface area (TPSA) is 46.6 Å². The number of hydrogen-bond donors (Lipinski definition) is 0. The van der Waals surface area contributed by atoms with Crippen molar-refractivity contribution < 1.29 is 13.2 Å². The third-order valence-corrected chi connectivity index (χ3v) is 5.01. The fraction of sp³-hybridized carbons (Fsp3) is 0.600. The fourth-order valence-corrected chi connectivity index (χ4v) is 3.40. The molecular weight excluding hydrogens is 274 g/mol. The fourth-order valence-electron chi connectivity index (χ4n) is 2.53. The van der Waals surface area contributed by atoms with Crippen molar-refractivity contribution in [2.75, 3.05) is 19.3 Å². The predicted molar refractivity (Wildman–Crippen MR) is 80.6 cm³/mol. The Morgan fingerprint density at radius 1 is 1.20 bits per heavy atom. The van der Waals surface area contributed by atoms with E-state index in [1.165, 1.54) is 16.1 Å². The molecule has 0 saturated carbocycles. The van der Waals surface area contributed by atoms with E-state index in [1.807, 2.05) is 18.2 Å². The molecule has 20 heavy (non-hydrogen) atoms. The summed E-state index contributed by atoms with van der Waals surface area (Å²) in [5.41, 5.74) is 1.21. The van der Waals surface area contributed by atoms with Crippen LogP contribution in [0.25, 0.3) is 0 Å². The van der Waals surface area contributed by atoms with E-state index in [4.69, 9.17) is 4.74 Å². The van der Waals surface area contributed by atoms with E-state index in [2.05, 4.69) is 19.9 Å². The molecular formula is C15H23NO3S. The second kappa shape index (κ2) is 6.14. The second-order valence-corrected chi connectivity index (χ2v) is 7.65. The standard InChI is InChI=1S/C15H23NO3S/c1-12(2)14-6-4-5-7-15(14)19-13-8-10-16(11-9-13)20(3,17)18/h4-7,12-13H,8-11H2,1-3H3. The Bertz CT molecular complexity index is 546. The summed E-state index contributed by atoms with van der Waals surface area (Å²) in [7, 11) is -3.07. The summed E-state index contributed by atoms with van der Waals surface area (Å²) in [6, 6.07) is 8.09. The molecule has 1 aliphatic rings. The van der Waals surface area contributed by atoms with E-state index in [9.17, 15) is 8.42 Å². The minimum absolute atomic E-state index is 0.105. The predicted octanol–water partition coefficient (Wildman–Crippen LogP) is 2.61. The van der Waals surface area contributed by atoms with Gasteiger partial charge in [0.1, 0.15) is 11.9 Å². The van der Waals surface area contributed by atoms with Crippen molar-refractivity contribution in [3.8, 4) is 5.75 Å². The van der Waals surface area contributed by atoms with Gasteiger partial charge in [0.25, 0.3) is 0 Å². The van der Waals surface area contributed by atoms with Gasteiger partial charge in [-0.3, -0.25) is 0 Å². The largest absolute Gasteiger partial charge is 0.490 e. The first-order valence-corrected chi connectivity index (χ1v) is 8.93. The van der Waals surface area contributed by atoms with Crippen molar-refractivity contribution >= 4 is 10.0 Å². The minimum atomic E-state index is -3.07. The van der Waals surface area contributed by atoms with E-state index in [1.54, 1.807) is 0 Å². The maximum Gasteiger partial charge on any atom is 0.211 e. The smallest absolute Gasteiger partial charge is 0.211 e. The molecule has 112 valence electrons. The van der Waals surface area contributed by atoms with Gasteiger partial charge in [0.05, 0.1) is 6.26 Å². The summed E-state index contributed by atoms with van der Waals surface area (Å²) in [6.07, 6.45) is 2.87. The Morgan fingerprint density at radius 2 is 1.80 bits per heavy atom. The third-order valence-electron chi connectivity index (χ3n) is 3.70. The molecule has 1 aromatic carbocycles. The molecule has 1 aromatic rings. The summed E-state index contributed by atoms with van der Waals surface area (Å²) in [6.45, 7) is 5.39. The number of hydrogen-bond acceptors (Lipinski definition) is 3. The average molecular weight is 297 g/mol. The molecule has 1 aliphatic heterocycles. The molecule has 2 rings (SSSR count). The van der Waals surface area contributed by atoms with E-state index < -0.39 is 10.0 Å². The van der Waals surface area contributed by atoms with Gasteiger partial charge in [-0.1, -0.05) is 32.0 Å². The molecule has 0 bridgehead atoms. The van der Waals surface area contributed by atoms with Gasteiger partial charge in [-0.2, -0.15) is 0 Å². The normalized spacial score (nSPS) is 18.4. The van der Waals surface area contributed by atoms with Crippen molar-refractivity contribution in [1.29, 1.82) is 0 Å². The van der Waals surface area contributed by atoms with Crippen LogP contribution in [0.1, 0.15) is 38.2 Å². The summed E-state index contributed by atoms with van der Waals surface area (Å²) < 4.78 is 30.6. The van der Waals surface area contributed by atoms with Crippen LogP contribution >= 0.6 is 0 Å². The lowest BCUT2D eigenvalue weighted by Gasteiger charge is -2.31. The third kappa shape index (κ3) is 3.73. The quantitative estimate of drug-likeness (QED) is 0.858. The number of rotatable bonds is 4. The van der Waals surface area contributed by atoms with Crippen LogP contribution < -0.4 is 4.74 Å². The molecule has 0 atom stereocenters. The number of ether oxygens (including phenoxy) is 1. The van der Waals surface area contributed by atoms with Crippen molar-refractivity contribution in [3.63, 3.8) is 0 Å². The van der Waals surface area contributed by atoms with Crippen molar-refractivity contribution in [2.45, 2.75) is 38.7 Å². The van der Waals surface area contributed by atoms with Gasteiger partial charge in [-0.05, 0) is 30.4 Å². The first kappa shape index (κ1) is 15.3. The highest BCUT2D eigenvalue weighted by molar-refractivity contribution is 7.88. The summed E-state index contributed by atoms with van der Waals surface area (Å²) in [5.74, 6) is 1.35. The summed E-state index contributed by atoms with van der Waals surface area (Å²) >= 11 is 0. The number of benzene rings is 1. The molecule has 0 unspecified atom stereocenters. The molecule has 0 amide bonds. The van der Waals surface area contributed by atoms with Gasteiger partial charge in [0.15, 0.2) is 0 Å². The molecule has 1 saturated heterocycles. The average Bonchev–Trinajstić information content (AvgIpc) is 2.38. The molecule has 1 fully saturated rings. The Hall–Kier alpha value is -1.07. The molecule has 4 nitrogen and oxygen atoms in total. The Balaban J connectivity index is 2.00. The monoisotopic (exact) mass is 297 g/mol. The van der Waals surface area contributed by atoms with Gasteiger partial charge >= 0.3 is 0 Å². The van der Waals surface area contributed by atoms with E-state index >= 15 is 0 Å². The van der Waals surface area contributed by atoms with Crippen LogP contribution in [-0.2, 0) is 10.0 Å². The molecule has 0 aromatic heterocycles. The number of nitrogens with zero attached hydrogens (tertiary/aromatic N) is 1. The zero-order valence-corrected chi connectivity index (χ0v) is 13.2. The maximum atomic E-state index is 11.5. The van der Waals surface area contributed by atoms with Crippen LogP contribution in [0.4, 0.5) is 0 Å². The van der Waals surface area contributed by atoms with Gasteiger partial charge in [-0.15, -0.1) is 0 Å². The van der Waals surface area contributed by atoms with Crippen molar-refractivity contribution in [3.05, 3.63) is 29.8 Å². The molecule has 0 N–H and O–H groups in total. The van der Waals surface area contributed by atoms with Gasteiger partial charge in [0, 0.05) is 13.1 Å². The minimum Gasteiger partial charge on any atom is -0.490 e. The maximum absolute atomic E-state index is 11.5. The second-order valence-electron chi connectivity index (χ2n) is 5.67. The van der Waals surface area contributed by atoms with Crippen LogP contribution in [0.3, 0.4) is 0 Å².